The van der Waals surface area contributed by atoms with E-state index in [0.29, 0.717) is 17.7 Å². The van der Waals surface area contributed by atoms with Crippen molar-refractivity contribution in [1.29, 1.82) is 5.26 Å². The first-order valence-electron chi connectivity index (χ1n) is 6.87. The third-order valence-electron chi connectivity index (χ3n) is 4.28. The fourth-order valence-corrected chi connectivity index (χ4v) is 2.96. The normalized spacial score (nSPS) is 25.1. The van der Waals surface area contributed by atoms with Gasteiger partial charge in [-0.15, -0.1) is 0 Å². The Labute approximate surface area is 118 Å². The highest BCUT2D eigenvalue weighted by Crippen LogP contribution is 2.36. The molecule has 1 aliphatic rings. The van der Waals surface area contributed by atoms with E-state index in [0.717, 1.165) is 12.8 Å². The zero-order valence-corrected chi connectivity index (χ0v) is 11.7. The van der Waals surface area contributed by atoms with Crippen LogP contribution >= 0.6 is 0 Å². The lowest BCUT2D eigenvalue weighted by Gasteiger charge is -2.21. The molecule has 6 heteroatoms. The molecule has 1 heterocycles. The number of anilines is 1. The summed E-state index contributed by atoms with van der Waals surface area (Å²) >= 11 is 0. The van der Waals surface area contributed by atoms with Crippen LogP contribution in [0.4, 0.5) is 11.5 Å². The van der Waals surface area contributed by atoms with Gasteiger partial charge in [0.1, 0.15) is 23.6 Å². The first kappa shape index (κ1) is 14.3. The van der Waals surface area contributed by atoms with Gasteiger partial charge in [0.25, 0.3) is 5.69 Å². The summed E-state index contributed by atoms with van der Waals surface area (Å²) in [5.41, 5.74) is 0.0735. The number of hydrogen-bond acceptors (Lipinski definition) is 5. The predicted octanol–water partition coefficient (Wildman–Crippen LogP) is 3.10. The number of aromatic nitrogens is 1. The van der Waals surface area contributed by atoms with Crippen molar-refractivity contribution in [2.75, 3.05) is 5.32 Å². The molecule has 0 spiro atoms. The molecule has 0 bridgehead atoms. The number of pyridine rings is 1. The molecule has 0 amide bonds. The molecule has 1 aromatic rings. The van der Waals surface area contributed by atoms with Crippen LogP contribution in [0.25, 0.3) is 0 Å². The van der Waals surface area contributed by atoms with Crippen molar-refractivity contribution in [1.82, 2.24) is 4.98 Å². The topological polar surface area (TPSA) is 91.8 Å². The molecule has 1 saturated carbocycles. The number of nitrogens with zero attached hydrogens (tertiary/aromatic N) is 3. The maximum absolute atomic E-state index is 10.7. The fraction of sp³-hybridized carbons (Fsp3) is 0.571. The Balaban J connectivity index is 2.18. The van der Waals surface area contributed by atoms with Gasteiger partial charge in [0, 0.05) is 12.1 Å². The highest BCUT2D eigenvalue weighted by molar-refractivity contribution is 5.56. The van der Waals surface area contributed by atoms with Crippen molar-refractivity contribution in [3.8, 4) is 6.07 Å². The second-order valence-corrected chi connectivity index (χ2v) is 5.31. The maximum atomic E-state index is 10.7. The highest BCUT2D eigenvalue weighted by atomic mass is 16.6. The van der Waals surface area contributed by atoms with E-state index in [1.807, 2.05) is 6.07 Å². The number of hydrogen-bond donors (Lipinski definition) is 1. The van der Waals surface area contributed by atoms with Crippen LogP contribution in [0.3, 0.4) is 0 Å². The molecule has 1 N–H and O–H groups in total. The smallest absolute Gasteiger partial charge is 0.289 e. The van der Waals surface area contributed by atoms with E-state index in [4.69, 9.17) is 5.26 Å². The molecule has 0 aromatic carbocycles. The van der Waals surface area contributed by atoms with Gasteiger partial charge < -0.3 is 5.32 Å². The zero-order valence-electron chi connectivity index (χ0n) is 11.7. The zero-order chi connectivity index (χ0) is 14.7. The van der Waals surface area contributed by atoms with Gasteiger partial charge in [-0.25, -0.2) is 4.98 Å². The highest BCUT2D eigenvalue weighted by Gasteiger charge is 2.32. The van der Waals surface area contributed by atoms with E-state index in [1.54, 1.807) is 0 Å². The van der Waals surface area contributed by atoms with Gasteiger partial charge >= 0.3 is 0 Å². The minimum Gasteiger partial charge on any atom is -0.366 e. The summed E-state index contributed by atoms with van der Waals surface area (Å²) < 4.78 is 0. The summed E-state index contributed by atoms with van der Waals surface area (Å²) in [4.78, 5) is 14.2. The van der Waals surface area contributed by atoms with Crippen LogP contribution in [-0.4, -0.2) is 15.9 Å². The Hall–Kier alpha value is -2.16. The van der Waals surface area contributed by atoms with E-state index in [-0.39, 0.29) is 17.3 Å². The van der Waals surface area contributed by atoms with E-state index < -0.39 is 4.92 Å². The molecule has 3 atom stereocenters. The second kappa shape index (κ2) is 5.87. The van der Waals surface area contributed by atoms with Crippen LogP contribution < -0.4 is 5.32 Å². The van der Waals surface area contributed by atoms with Crippen LogP contribution in [0.5, 0.6) is 0 Å². The molecule has 1 aliphatic carbocycles. The first-order chi connectivity index (χ1) is 9.56. The summed E-state index contributed by atoms with van der Waals surface area (Å²) in [7, 11) is 0. The molecule has 106 valence electrons. The molecule has 3 unspecified atom stereocenters. The minimum absolute atomic E-state index is 0.155. The van der Waals surface area contributed by atoms with Crippen molar-refractivity contribution in [2.24, 2.45) is 11.8 Å². The standard InChI is InChI=1S/C14H18N4O2/c1-3-10-4-5-13(9(10)2)17-14-11(7-15)6-12(8-16-14)18(19)20/h6,8-10,13H,3-5H2,1-2H3,(H,16,17). The van der Waals surface area contributed by atoms with Gasteiger partial charge in [0.05, 0.1) is 4.92 Å². The first-order valence-corrected chi connectivity index (χ1v) is 6.87. The molecule has 1 fully saturated rings. The lowest BCUT2D eigenvalue weighted by Crippen LogP contribution is -2.25. The van der Waals surface area contributed by atoms with Crippen LogP contribution in [-0.2, 0) is 0 Å². The average molecular weight is 274 g/mol. The quantitative estimate of drug-likeness (QED) is 0.672. The summed E-state index contributed by atoms with van der Waals surface area (Å²) in [5.74, 6) is 1.66. The molecule has 0 radical (unpaired) electrons. The van der Waals surface area contributed by atoms with Crippen molar-refractivity contribution in [2.45, 2.75) is 39.2 Å². The molecule has 20 heavy (non-hydrogen) atoms. The lowest BCUT2D eigenvalue weighted by molar-refractivity contribution is -0.385. The molecule has 1 aromatic heterocycles. The van der Waals surface area contributed by atoms with E-state index in [2.05, 4.69) is 24.1 Å². The SMILES string of the molecule is CCC1CCC(Nc2ncc([N+](=O)[O-])cc2C#N)C1C. The molecule has 0 saturated heterocycles. The second-order valence-electron chi connectivity index (χ2n) is 5.31. The molecule has 2 rings (SSSR count). The number of nitriles is 1. The van der Waals surface area contributed by atoms with Crippen molar-refractivity contribution >= 4 is 11.5 Å². The Bertz CT molecular complexity index is 553. The Morgan fingerprint density at radius 2 is 2.35 bits per heavy atom. The van der Waals surface area contributed by atoms with E-state index >= 15 is 0 Å². The minimum atomic E-state index is -0.539. The largest absolute Gasteiger partial charge is 0.366 e. The van der Waals surface area contributed by atoms with Crippen LogP contribution in [0.2, 0.25) is 0 Å². The van der Waals surface area contributed by atoms with Gasteiger partial charge in [-0.1, -0.05) is 20.3 Å². The Morgan fingerprint density at radius 3 is 2.90 bits per heavy atom. The van der Waals surface area contributed by atoms with Gasteiger partial charge in [-0.2, -0.15) is 5.26 Å². The van der Waals surface area contributed by atoms with Gasteiger partial charge in [0.2, 0.25) is 0 Å². The summed E-state index contributed by atoms with van der Waals surface area (Å²) in [6, 6.07) is 3.52. The van der Waals surface area contributed by atoms with Crippen LogP contribution in [0.15, 0.2) is 12.3 Å². The lowest BCUT2D eigenvalue weighted by atomic mass is 9.93. The summed E-state index contributed by atoms with van der Waals surface area (Å²) in [6.45, 7) is 4.39. The van der Waals surface area contributed by atoms with Crippen LogP contribution in [0, 0.1) is 33.3 Å². The molecule has 0 aliphatic heterocycles. The summed E-state index contributed by atoms with van der Waals surface area (Å²) in [5, 5.41) is 23.1. The monoisotopic (exact) mass is 274 g/mol. The molecular weight excluding hydrogens is 256 g/mol. The van der Waals surface area contributed by atoms with Crippen molar-refractivity contribution in [3.63, 3.8) is 0 Å². The van der Waals surface area contributed by atoms with Crippen LogP contribution in [0.1, 0.15) is 38.7 Å². The number of nitro groups is 1. The fourth-order valence-electron chi connectivity index (χ4n) is 2.96. The third kappa shape index (κ3) is 2.72. The van der Waals surface area contributed by atoms with E-state index in [9.17, 15) is 10.1 Å². The Kier molecular flexibility index (Phi) is 4.18. The Morgan fingerprint density at radius 1 is 1.60 bits per heavy atom. The van der Waals surface area contributed by atoms with Crippen molar-refractivity contribution in [3.05, 3.63) is 27.9 Å². The van der Waals surface area contributed by atoms with Gasteiger partial charge in [-0.3, -0.25) is 10.1 Å². The summed E-state index contributed by atoms with van der Waals surface area (Å²) in [6.07, 6.45) is 4.56. The van der Waals surface area contributed by atoms with Gasteiger partial charge in [-0.05, 0) is 24.7 Å². The van der Waals surface area contributed by atoms with E-state index in [1.165, 1.54) is 18.7 Å². The van der Waals surface area contributed by atoms with Crippen molar-refractivity contribution < 1.29 is 4.92 Å². The number of nitrogens with one attached hydrogen (secondary N) is 1. The predicted molar refractivity (Wildman–Crippen MR) is 75.2 cm³/mol. The average Bonchev–Trinajstić information content (AvgIpc) is 2.79. The molecule has 6 nitrogen and oxygen atoms in total. The molecular formula is C14H18N4O2. The third-order valence-corrected chi connectivity index (χ3v) is 4.28. The number of rotatable bonds is 4. The maximum Gasteiger partial charge on any atom is 0.289 e. The van der Waals surface area contributed by atoms with Gasteiger partial charge in [0.15, 0.2) is 0 Å².